The Labute approximate surface area is 144 Å². The number of carboxylic acid groups (broad SMARTS) is 2. The lowest BCUT2D eigenvalue weighted by Crippen LogP contribution is -2.42. The Kier molecular flexibility index (Phi) is 6.36. The summed E-state index contributed by atoms with van der Waals surface area (Å²) in [6.45, 7) is 3.79. The first kappa shape index (κ1) is 18.4. The van der Waals surface area contributed by atoms with Crippen molar-refractivity contribution in [2.75, 3.05) is 44.8 Å². The highest BCUT2D eigenvalue weighted by atomic mass is 35.5. The molecule has 3 heterocycles. The zero-order valence-electron chi connectivity index (χ0n) is 13.3. The van der Waals surface area contributed by atoms with Crippen LogP contribution in [0.15, 0.2) is 12.3 Å². The van der Waals surface area contributed by atoms with Gasteiger partial charge >= 0.3 is 5.97 Å². The van der Waals surface area contributed by atoms with Crippen LogP contribution in [-0.4, -0.2) is 78.5 Å². The van der Waals surface area contributed by atoms with E-state index < -0.39 is 5.97 Å². The molecule has 0 aromatic carbocycles. The number of fused-ring (bicyclic) bond motifs is 3. The van der Waals surface area contributed by atoms with Crippen LogP contribution in [0.25, 0.3) is 0 Å². The quantitative estimate of drug-likeness (QED) is 0.752. The Hall–Kier alpha value is -1.90. The number of hydrogen-bond acceptors (Lipinski definition) is 6. The Morgan fingerprint density at radius 1 is 1.42 bits per heavy atom. The summed E-state index contributed by atoms with van der Waals surface area (Å²) in [5, 5.41) is 16.3. The second-order valence-electron chi connectivity index (χ2n) is 5.84. The molecule has 0 amide bonds. The number of carbonyl (C=O) groups is 2. The van der Waals surface area contributed by atoms with Gasteiger partial charge in [0.1, 0.15) is 5.82 Å². The van der Waals surface area contributed by atoms with Crippen molar-refractivity contribution in [1.29, 1.82) is 0 Å². The molecule has 2 N–H and O–H groups in total. The van der Waals surface area contributed by atoms with Gasteiger partial charge in [0.25, 0.3) is 6.47 Å². The summed E-state index contributed by atoms with van der Waals surface area (Å²) in [5.41, 5.74) is 0.110. The molecule has 132 valence electrons. The summed E-state index contributed by atoms with van der Waals surface area (Å²) >= 11 is 6.24. The second-order valence-corrected chi connectivity index (χ2v) is 6.25. The molecule has 2 aliphatic heterocycles. The number of anilines is 1. The van der Waals surface area contributed by atoms with Crippen LogP contribution in [0.5, 0.6) is 0 Å². The molecule has 3 rings (SSSR count). The highest BCUT2D eigenvalue weighted by Crippen LogP contribution is 2.28. The van der Waals surface area contributed by atoms with Crippen molar-refractivity contribution in [2.45, 2.75) is 6.04 Å². The highest BCUT2D eigenvalue weighted by Gasteiger charge is 2.32. The van der Waals surface area contributed by atoms with Gasteiger partial charge in [0, 0.05) is 31.7 Å². The van der Waals surface area contributed by atoms with Crippen molar-refractivity contribution >= 4 is 29.9 Å². The fourth-order valence-electron chi connectivity index (χ4n) is 3.00. The zero-order chi connectivity index (χ0) is 17.7. The molecule has 8 nitrogen and oxygen atoms in total. The van der Waals surface area contributed by atoms with Crippen LogP contribution in [0, 0.1) is 5.92 Å². The van der Waals surface area contributed by atoms with E-state index in [0.29, 0.717) is 29.4 Å². The Morgan fingerprint density at radius 2 is 2.12 bits per heavy atom. The predicted molar refractivity (Wildman–Crippen MR) is 87.8 cm³/mol. The molecule has 0 spiro atoms. The van der Waals surface area contributed by atoms with Gasteiger partial charge in [-0.2, -0.15) is 0 Å². The first-order valence-electron chi connectivity index (χ1n) is 7.45. The number of pyridine rings is 1. The maximum absolute atomic E-state index is 11.0. The number of hydrogen-bond donors (Lipinski definition) is 2. The molecule has 2 fully saturated rings. The van der Waals surface area contributed by atoms with Gasteiger partial charge in [-0.05, 0) is 13.1 Å². The monoisotopic (exact) mass is 357 g/mol. The number of aromatic nitrogens is 1. The Morgan fingerprint density at radius 3 is 2.75 bits per heavy atom. The van der Waals surface area contributed by atoms with Crippen molar-refractivity contribution in [2.24, 2.45) is 5.92 Å². The molecule has 9 heteroatoms. The van der Waals surface area contributed by atoms with Gasteiger partial charge in [0.2, 0.25) is 0 Å². The van der Waals surface area contributed by atoms with E-state index in [0.717, 1.165) is 26.2 Å². The van der Waals surface area contributed by atoms with Crippen LogP contribution in [0.4, 0.5) is 5.82 Å². The lowest BCUT2D eigenvalue weighted by Gasteiger charge is -2.31. The molecule has 2 atom stereocenters. The van der Waals surface area contributed by atoms with E-state index in [1.807, 2.05) is 0 Å². The fourth-order valence-corrected chi connectivity index (χ4v) is 3.29. The van der Waals surface area contributed by atoms with Gasteiger partial charge in [-0.3, -0.25) is 9.69 Å². The SMILES string of the molecule is CN1C[C@H]2COC[C@@H]1CN(c1ncc(C(=O)O)cc1Cl)C2.O=CO. The molecule has 1 aromatic rings. The average molecular weight is 358 g/mol. The number of aromatic carboxylic acids is 1. The van der Waals surface area contributed by atoms with Crippen LogP contribution in [-0.2, 0) is 9.53 Å². The van der Waals surface area contributed by atoms with E-state index in [1.54, 1.807) is 0 Å². The third kappa shape index (κ3) is 4.34. The van der Waals surface area contributed by atoms with Gasteiger partial charge in [-0.15, -0.1) is 0 Å². The van der Waals surface area contributed by atoms with Gasteiger partial charge in [-0.25, -0.2) is 9.78 Å². The summed E-state index contributed by atoms with van der Waals surface area (Å²) < 4.78 is 5.70. The largest absolute Gasteiger partial charge is 0.483 e. The van der Waals surface area contributed by atoms with E-state index in [-0.39, 0.29) is 12.0 Å². The van der Waals surface area contributed by atoms with Gasteiger partial charge in [0.15, 0.2) is 0 Å². The molecule has 1 aromatic heterocycles. The normalized spacial score (nSPS) is 23.7. The minimum absolute atomic E-state index is 0.110. The van der Waals surface area contributed by atoms with Crippen LogP contribution in [0.2, 0.25) is 5.02 Å². The lowest BCUT2D eigenvalue weighted by molar-refractivity contribution is -0.122. The van der Waals surface area contributed by atoms with Crippen molar-refractivity contribution in [3.05, 3.63) is 22.8 Å². The molecule has 0 unspecified atom stereocenters. The van der Waals surface area contributed by atoms with Gasteiger partial charge in [0.05, 0.1) is 29.8 Å². The first-order valence-corrected chi connectivity index (χ1v) is 7.83. The molecular formula is C15H20ClN3O5. The van der Waals surface area contributed by atoms with Gasteiger partial charge in [-0.1, -0.05) is 11.6 Å². The number of halogens is 1. The van der Waals surface area contributed by atoms with Crippen molar-refractivity contribution in [3.8, 4) is 0 Å². The fraction of sp³-hybridized carbons (Fsp3) is 0.533. The molecule has 2 saturated heterocycles. The van der Waals surface area contributed by atoms with E-state index in [1.165, 1.54) is 12.3 Å². The smallest absolute Gasteiger partial charge is 0.337 e. The van der Waals surface area contributed by atoms with Crippen LogP contribution >= 0.6 is 11.6 Å². The molecule has 0 radical (unpaired) electrons. The Balaban J connectivity index is 0.000000647. The topological polar surface area (TPSA) is 103 Å². The maximum atomic E-state index is 11.0. The number of carboxylic acids is 1. The average Bonchev–Trinajstić information content (AvgIpc) is 2.76. The predicted octanol–water partition coefficient (Wildman–Crippen LogP) is 0.901. The highest BCUT2D eigenvalue weighted by molar-refractivity contribution is 6.33. The van der Waals surface area contributed by atoms with Crippen LogP contribution in [0.3, 0.4) is 0 Å². The third-order valence-corrected chi connectivity index (χ3v) is 4.39. The molecular weight excluding hydrogens is 338 g/mol. The van der Waals surface area contributed by atoms with Gasteiger partial charge < -0.3 is 19.8 Å². The van der Waals surface area contributed by atoms with E-state index in [4.69, 9.17) is 31.3 Å². The first-order chi connectivity index (χ1) is 11.5. The summed E-state index contributed by atoms with van der Waals surface area (Å²) in [7, 11) is 2.11. The lowest BCUT2D eigenvalue weighted by atomic mass is 10.1. The molecule has 0 saturated carbocycles. The number of likely N-dealkylation sites (N-methyl/N-ethyl adjacent to an activating group) is 1. The second kappa shape index (κ2) is 8.27. The van der Waals surface area contributed by atoms with E-state index in [9.17, 15) is 4.79 Å². The standard InChI is InChI=1S/C14H18ClN3O3.CH2O2/c1-17-4-9-5-18(6-11(17)8-21-7-9)13-12(15)2-10(3-16-13)14(19)20;2-1-3/h2-3,9,11H,4-8H2,1H3,(H,19,20);1H,(H,2,3)/t9-,11+;/m1./s1. The molecule has 2 aliphatic rings. The van der Waals surface area contributed by atoms with Crippen molar-refractivity contribution in [3.63, 3.8) is 0 Å². The molecule has 2 bridgehead atoms. The van der Waals surface area contributed by atoms with E-state index >= 15 is 0 Å². The molecule has 0 aliphatic carbocycles. The third-order valence-electron chi connectivity index (χ3n) is 4.11. The van der Waals surface area contributed by atoms with Crippen LogP contribution in [0.1, 0.15) is 10.4 Å². The summed E-state index contributed by atoms with van der Waals surface area (Å²) in [4.78, 5) is 28.1. The summed E-state index contributed by atoms with van der Waals surface area (Å²) in [5.74, 6) is 0.0465. The maximum Gasteiger partial charge on any atom is 0.337 e. The summed E-state index contributed by atoms with van der Waals surface area (Å²) in [6.07, 6.45) is 1.37. The van der Waals surface area contributed by atoms with Crippen molar-refractivity contribution in [1.82, 2.24) is 9.88 Å². The van der Waals surface area contributed by atoms with Crippen molar-refractivity contribution < 1.29 is 24.5 Å². The summed E-state index contributed by atoms with van der Waals surface area (Å²) in [6, 6.07) is 1.77. The zero-order valence-corrected chi connectivity index (χ0v) is 14.0. The minimum Gasteiger partial charge on any atom is -0.483 e. The minimum atomic E-state index is -1.02. The van der Waals surface area contributed by atoms with E-state index in [2.05, 4.69) is 21.8 Å². The number of rotatable bonds is 2. The Bertz CT molecular complexity index is 600. The van der Waals surface area contributed by atoms with Crippen LogP contribution < -0.4 is 4.90 Å². The molecule has 24 heavy (non-hydrogen) atoms. The number of nitrogens with zero attached hydrogens (tertiary/aromatic N) is 3. The number of ether oxygens (including phenoxy) is 1.